The highest BCUT2D eigenvalue weighted by atomic mass is 32.2. The Balaban J connectivity index is 4.16. The van der Waals surface area contributed by atoms with E-state index in [0.717, 1.165) is 0 Å². The minimum Gasteiger partial charge on any atom is -0.316 e. The van der Waals surface area contributed by atoms with Crippen LogP contribution < -0.4 is 5.32 Å². The minimum atomic E-state index is 0.564. The average Bonchev–Trinajstić information content (AvgIpc) is 2.32. The molecule has 1 N–H and O–H groups in total. The second-order valence-electron chi connectivity index (χ2n) is 4.88. The minimum absolute atomic E-state index is 0.564. The first-order valence-electron chi connectivity index (χ1n) is 6.94. The van der Waals surface area contributed by atoms with Crippen molar-refractivity contribution in [3.63, 3.8) is 0 Å². The van der Waals surface area contributed by atoms with Crippen molar-refractivity contribution in [3.8, 4) is 0 Å². The molecule has 1 nitrogen and oxygen atoms in total. The summed E-state index contributed by atoms with van der Waals surface area (Å²) >= 11 is 1.99. The fourth-order valence-corrected chi connectivity index (χ4v) is 2.82. The van der Waals surface area contributed by atoms with E-state index in [1.165, 1.54) is 57.4 Å². The number of hydrogen-bond acceptors (Lipinski definition) is 2. The van der Waals surface area contributed by atoms with Crippen molar-refractivity contribution in [1.82, 2.24) is 5.32 Å². The summed E-state index contributed by atoms with van der Waals surface area (Å²) in [6, 6.07) is 0. The van der Waals surface area contributed by atoms with Gasteiger partial charge in [-0.2, -0.15) is 11.8 Å². The largest absolute Gasteiger partial charge is 0.316 e. The Morgan fingerprint density at radius 2 is 1.81 bits per heavy atom. The van der Waals surface area contributed by atoms with Gasteiger partial charge in [-0.25, -0.2) is 0 Å². The summed E-state index contributed by atoms with van der Waals surface area (Å²) in [6.07, 6.45) is 10.3. The molecule has 0 aromatic carbocycles. The van der Waals surface area contributed by atoms with Crippen molar-refractivity contribution < 1.29 is 0 Å². The predicted molar refractivity (Wildman–Crippen MR) is 78.4 cm³/mol. The second kappa shape index (κ2) is 10.5. The SMILES string of the molecule is CCCCC(CC)(CCSC)CNCCC. The molecule has 0 amide bonds. The van der Waals surface area contributed by atoms with E-state index < -0.39 is 0 Å². The van der Waals surface area contributed by atoms with Gasteiger partial charge in [0.25, 0.3) is 0 Å². The summed E-state index contributed by atoms with van der Waals surface area (Å²) in [4.78, 5) is 0. The van der Waals surface area contributed by atoms with Gasteiger partial charge in [-0.1, -0.05) is 33.6 Å². The summed E-state index contributed by atoms with van der Waals surface area (Å²) in [5.74, 6) is 1.31. The second-order valence-corrected chi connectivity index (χ2v) is 5.86. The average molecular weight is 245 g/mol. The third-order valence-corrected chi connectivity index (χ3v) is 4.19. The van der Waals surface area contributed by atoms with Crippen LogP contribution in [0.5, 0.6) is 0 Å². The molecule has 0 aliphatic carbocycles. The van der Waals surface area contributed by atoms with Gasteiger partial charge >= 0.3 is 0 Å². The van der Waals surface area contributed by atoms with Crippen molar-refractivity contribution in [2.24, 2.45) is 5.41 Å². The summed E-state index contributed by atoms with van der Waals surface area (Å²) in [7, 11) is 0. The van der Waals surface area contributed by atoms with Crippen LogP contribution in [-0.2, 0) is 0 Å². The smallest absolute Gasteiger partial charge is 0.000800 e. The molecule has 98 valence electrons. The zero-order valence-corrected chi connectivity index (χ0v) is 12.6. The van der Waals surface area contributed by atoms with E-state index in [9.17, 15) is 0 Å². The van der Waals surface area contributed by atoms with Crippen molar-refractivity contribution >= 4 is 11.8 Å². The standard InChI is InChI=1S/C14H31NS/c1-5-8-9-14(7-3,10-12-16-4)13-15-11-6-2/h15H,5-13H2,1-4H3. The molecule has 0 aromatic heterocycles. The highest BCUT2D eigenvalue weighted by molar-refractivity contribution is 7.98. The van der Waals surface area contributed by atoms with Gasteiger partial charge in [0, 0.05) is 6.54 Å². The van der Waals surface area contributed by atoms with E-state index in [1.54, 1.807) is 0 Å². The zero-order valence-electron chi connectivity index (χ0n) is 11.8. The molecule has 0 aromatic rings. The molecule has 0 fully saturated rings. The van der Waals surface area contributed by atoms with Crippen molar-refractivity contribution in [2.45, 2.75) is 59.3 Å². The van der Waals surface area contributed by atoms with Crippen molar-refractivity contribution in [3.05, 3.63) is 0 Å². The van der Waals surface area contributed by atoms with Crippen LogP contribution in [0.4, 0.5) is 0 Å². The van der Waals surface area contributed by atoms with Crippen LogP contribution in [0.25, 0.3) is 0 Å². The van der Waals surface area contributed by atoms with Crippen molar-refractivity contribution in [2.75, 3.05) is 25.1 Å². The Morgan fingerprint density at radius 1 is 1.06 bits per heavy atom. The maximum Gasteiger partial charge on any atom is 0.000800 e. The fraction of sp³-hybridized carbons (Fsp3) is 1.00. The monoisotopic (exact) mass is 245 g/mol. The van der Waals surface area contributed by atoms with Gasteiger partial charge in [0.05, 0.1) is 0 Å². The molecule has 0 aliphatic heterocycles. The van der Waals surface area contributed by atoms with E-state index in [0.29, 0.717) is 5.41 Å². The molecule has 1 unspecified atom stereocenters. The molecule has 0 aliphatic rings. The van der Waals surface area contributed by atoms with Crippen LogP contribution in [0.3, 0.4) is 0 Å². The van der Waals surface area contributed by atoms with E-state index in [2.05, 4.69) is 32.3 Å². The molecule has 0 saturated carbocycles. The molecule has 2 heteroatoms. The molecule has 0 bridgehead atoms. The topological polar surface area (TPSA) is 12.0 Å². The van der Waals surface area contributed by atoms with Gasteiger partial charge in [-0.05, 0) is 49.7 Å². The number of unbranched alkanes of at least 4 members (excludes halogenated alkanes) is 1. The molecule has 16 heavy (non-hydrogen) atoms. The third-order valence-electron chi connectivity index (χ3n) is 3.57. The van der Waals surface area contributed by atoms with Crippen LogP contribution in [0.2, 0.25) is 0 Å². The van der Waals surface area contributed by atoms with Gasteiger partial charge in [0.15, 0.2) is 0 Å². The molecular weight excluding hydrogens is 214 g/mol. The van der Waals surface area contributed by atoms with Gasteiger partial charge in [-0.3, -0.25) is 0 Å². The quantitative estimate of drug-likeness (QED) is 0.544. The molecule has 0 radical (unpaired) electrons. The van der Waals surface area contributed by atoms with Gasteiger partial charge in [0.1, 0.15) is 0 Å². The summed E-state index contributed by atoms with van der Waals surface area (Å²) < 4.78 is 0. The molecule has 1 atom stereocenters. The molecular formula is C14H31NS. The van der Waals surface area contributed by atoms with Crippen LogP contribution in [0, 0.1) is 5.41 Å². The molecule has 0 saturated heterocycles. The summed E-state index contributed by atoms with van der Waals surface area (Å²) in [5, 5.41) is 3.64. The maximum absolute atomic E-state index is 3.64. The Hall–Kier alpha value is 0.310. The lowest BCUT2D eigenvalue weighted by Crippen LogP contribution is -2.35. The normalized spacial score (nSPS) is 15.0. The lowest BCUT2D eigenvalue weighted by molar-refractivity contribution is 0.224. The van der Waals surface area contributed by atoms with E-state index in [1.807, 2.05) is 11.8 Å². The number of nitrogens with one attached hydrogen (secondary N) is 1. The van der Waals surface area contributed by atoms with Gasteiger partial charge in [0.2, 0.25) is 0 Å². The Kier molecular flexibility index (Phi) is 10.7. The zero-order chi connectivity index (χ0) is 12.3. The fourth-order valence-electron chi connectivity index (χ4n) is 2.18. The van der Waals surface area contributed by atoms with Gasteiger partial charge < -0.3 is 5.32 Å². The van der Waals surface area contributed by atoms with E-state index in [-0.39, 0.29) is 0 Å². The highest BCUT2D eigenvalue weighted by Crippen LogP contribution is 2.33. The number of hydrogen-bond donors (Lipinski definition) is 1. The predicted octanol–water partition coefficient (Wildman–Crippen LogP) is 4.33. The first-order valence-corrected chi connectivity index (χ1v) is 8.33. The van der Waals surface area contributed by atoms with Crippen LogP contribution >= 0.6 is 11.8 Å². The summed E-state index contributed by atoms with van der Waals surface area (Å²) in [6.45, 7) is 9.30. The molecule has 0 spiro atoms. The Morgan fingerprint density at radius 3 is 2.31 bits per heavy atom. The van der Waals surface area contributed by atoms with E-state index in [4.69, 9.17) is 0 Å². The van der Waals surface area contributed by atoms with Crippen LogP contribution in [-0.4, -0.2) is 25.1 Å². The van der Waals surface area contributed by atoms with Crippen LogP contribution in [0.15, 0.2) is 0 Å². The van der Waals surface area contributed by atoms with Crippen molar-refractivity contribution in [1.29, 1.82) is 0 Å². The molecule has 0 rings (SSSR count). The van der Waals surface area contributed by atoms with E-state index >= 15 is 0 Å². The maximum atomic E-state index is 3.64. The lowest BCUT2D eigenvalue weighted by atomic mass is 9.77. The first kappa shape index (κ1) is 16.3. The van der Waals surface area contributed by atoms with Crippen LogP contribution in [0.1, 0.15) is 59.3 Å². The Labute approximate surface area is 107 Å². The molecule has 0 heterocycles. The third kappa shape index (κ3) is 6.80. The Bertz CT molecular complexity index is 140. The highest BCUT2D eigenvalue weighted by Gasteiger charge is 2.26. The number of rotatable bonds is 11. The summed E-state index contributed by atoms with van der Waals surface area (Å²) in [5.41, 5.74) is 0.564. The number of thioether (sulfide) groups is 1. The lowest BCUT2D eigenvalue weighted by Gasteiger charge is -2.33. The first-order chi connectivity index (χ1) is 7.74. The van der Waals surface area contributed by atoms with Gasteiger partial charge in [-0.15, -0.1) is 0 Å².